The van der Waals surface area contributed by atoms with Gasteiger partial charge in [-0.1, -0.05) is 42.5 Å². The summed E-state index contributed by atoms with van der Waals surface area (Å²) in [6, 6.07) is 17.5. The third-order valence-electron chi connectivity index (χ3n) is 4.48. The first-order chi connectivity index (χ1) is 13.1. The summed E-state index contributed by atoms with van der Waals surface area (Å²) >= 11 is 0. The van der Waals surface area contributed by atoms with Crippen LogP contribution in [0.1, 0.15) is 16.8 Å². The van der Waals surface area contributed by atoms with Crippen LogP contribution in [0.25, 0.3) is 22.2 Å². The fourth-order valence-corrected chi connectivity index (χ4v) is 3.24. The molecule has 0 aliphatic rings. The van der Waals surface area contributed by atoms with Crippen molar-refractivity contribution in [3.63, 3.8) is 0 Å². The maximum atomic E-state index is 10.2. The van der Waals surface area contributed by atoms with Crippen molar-refractivity contribution < 1.29 is 9.84 Å². The molecule has 5 nitrogen and oxygen atoms in total. The normalized spacial score (nSPS) is 11.2. The molecule has 0 unspecified atom stereocenters. The number of aromatic nitrogens is 3. The molecule has 0 saturated carbocycles. The SMILES string of the molecule is Cc1cc(-c2nn(COCc3ccccc3)cc2C)c2cccc(O)c2n1. The van der Waals surface area contributed by atoms with Crippen molar-refractivity contribution in [3.8, 4) is 17.0 Å². The van der Waals surface area contributed by atoms with Crippen LogP contribution in [0.15, 0.2) is 60.8 Å². The summed E-state index contributed by atoms with van der Waals surface area (Å²) in [5.41, 5.74) is 5.46. The molecule has 4 rings (SSSR count). The lowest BCUT2D eigenvalue weighted by Crippen LogP contribution is -2.03. The molecule has 0 atom stereocenters. The second-order valence-corrected chi connectivity index (χ2v) is 6.65. The van der Waals surface area contributed by atoms with E-state index in [4.69, 9.17) is 9.84 Å². The van der Waals surface area contributed by atoms with Gasteiger partial charge in [-0.05, 0) is 37.1 Å². The number of ether oxygens (including phenoxy) is 1. The minimum atomic E-state index is 0.181. The van der Waals surface area contributed by atoms with Gasteiger partial charge < -0.3 is 9.84 Å². The lowest BCUT2D eigenvalue weighted by Gasteiger charge is -2.08. The number of pyridine rings is 1. The standard InChI is InChI=1S/C22H21N3O2/c1-15-12-25(14-27-13-17-7-4-3-5-8-17)24-21(15)19-11-16(2)23-22-18(19)9-6-10-20(22)26/h3-12,26H,13-14H2,1-2H3. The molecule has 5 heteroatoms. The Morgan fingerprint density at radius 3 is 2.67 bits per heavy atom. The van der Waals surface area contributed by atoms with Gasteiger partial charge in [0.2, 0.25) is 0 Å². The summed E-state index contributed by atoms with van der Waals surface area (Å²) in [5, 5.41) is 15.8. The van der Waals surface area contributed by atoms with Crippen molar-refractivity contribution in [2.45, 2.75) is 27.2 Å². The highest BCUT2D eigenvalue weighted by atomic mass is 16.5. The van der Waals surface area contributed by atoms with E-state index in [-0.39, 0.29) is 5.75 Å². The van der Waals surface area contributed by atoms with Crippen LogP contribution in [0.5, 0.6) is 5.75 Å². The second-order valence-electron chi connectivity index (χ2n) is 6.65. The summed E-state index contributed by atoms with van der Waals surface area (Å²) < 4.78 is 7.59. The minimum Gasteiger partial charge on any atom is -0.506 e. The molecule has 1 N–H and O–H groups in total. The maximum absolute atomic E-state index is 10.2. The highest BCUT2D eigenvalue weighted by molar-refractivity contribution is 5.97. The smallest absolute Gasteiger partial charge is 0.141 e. The number of fused-ring (bicyclic) bond motifs is 1. The Bertz CT molecular complexity index is 1090. The van der Waals surface area contributed by atoms with Gasteiger partial charge in [0.1, 0.15) is 18.0 Å². The van der Waals surface area contributed by atoms with E-state index in [1.54, 1.807) is 10.7 Å². The first-order valence-electron chi connectivity index (χ1n) is 8.87. The van der Waals surface area contributed by atoms with Crippen LogP contribution in [0.3, 0.4) is 0 Å². The molecule has 2 aromatic carbocycles. The molecule has 0 saturated heterocycles. The molecule has 0 spiro atoms. The Labute approximate surface area is 157 Å². The number of aromatic hydroxyl groups is 1. The number of nitrogens with zero attached hydrogens (tertiary/aromatic N) is 3. The van der Waals surface area contributed by atoms with Gasteiger partial charge in [0.15, 0.2) is 0 Å². The zero-order valence-electron chi connectivity index (χ0n) is 15.4. The van der Waals surface area contributed by atoms with Gasteiger partial charge in [-0.15, -0.1) is 0 Å². The molecule has 2 aromatic heterocycles. The van der Waals surface area contributed by atoms with Crippen molar-refractivity contribution >= 4 is 10.9 Å². The highest BCUT2D eigenvalue weighted by Gasteiger charge is 2.14. The first kappa shape index (κ1) is 17.2. The van der Waals surface area contributed by atoms with Crippen LogP contribution < -0.4 is 0 Å². The lowest BCUT2D eigenvalue weighted by atomic mass is 10.0. The van der Waals surface area contributed by atoms with Gasteiger partial charge in [0.05, 0.1) is 12.3 Å². The molecule has 0 aliphatic heterocycles. The number of aryl methyl sites for hydroxylation is 2. The molecule has 136 valence electrons. The zero-order chi connectivity index (χ0) is 18.8. The summed E-state index contributed by atoms with van der Waals surface area (Å²) in [7, 11) is 0. The number of phenolic OH excluding ortho intramolecular Hbond substituents is 1. The van der Waals surface area contributed by atoms with E-state index in [0.717, 1.165) is 33.5 Å². The number of para-hydroxylation sites is 1. The number of rotatable bonds is 5. The van der Waals surface area contributed by atoms with Gasteiger partial charge in [-0.25, -0.2) is 9.67 Å². The number of hydrogen-bond acceptors (Lipinski definition) is 4. The third-order valence-corrected chi connectivity index (χ3v) is 4.48. The minimum absolute atomic E-state index is 0.181. The molecule has 0 fully saturated rings. The van der Waals surface area contributed by atoms with Crippen molar-refractivity contribution in [1.29, 1.82) is 0 Å². The van der Waals surface area contributed by atoms with E-state index in [9.17, 15) is 5.11 Å². The summed E-state index contributed by atoms with van der Waals surface area (Å²) in [4.78, 5) is 4.47. The van der Waals surface area contributed by atoms with E-state index in [1.165, 1.54) is 0 Å². The number of benzene rings is 2. The quantitative estimate of drug-likeness (QED) is 0.566. The Morgan fingerprint density at radius 1 is 1.04 bits per heavy atom. The Morgan fingerprint density at radius 2 is 1.85 bits per heavy atom. The molecule has 0 aliphatic carbocycles. The predicted octanol–water partition coefficient (Wildman–Crippen LogP) is 4.60. The highest BCUT2D eigenvalue weighted by Crippen LogP contribution is 2.33. The number of phenols is 1. The Balaban J connectivity index is 1.62. The Kier molecular flexibility index (Phi) is 4.60. The zero-order valence-corrected chi connectivity index (χ0v) is 15.4. The van der Waals surface area contributed by atoms with Crippen molar-refractivity contribution in [1.82, 2.24) is 14.8 Å². The molecule has 2 heterocycles. The molecule has 4 aromatic rings. The molecule has 0 amide bonds. The lowest BCUT2D eigenvalue weighted by molar-refractivity contribution is 0.0562. The van der Waals surface area contributed by atoms with Crippen LogP contribution in [-0.4, -0.2) is 19.9 Å². The van der Waals surface area contributed by atoms with Gasteiger partial charge in [-0.2, -0.15) is 5.10 Å². The van der Waals surface area contributed by atoms with E-state index >= 15 is 0 Å². The fourth-order valence-electron chi connectivity index (χ4n) is 3.24. The van der Waals surface area contributed by atoms with Crippen molar-refractivity contribution in [3.05, 3.63) is 77.6 Å². The number of hydrogen-bond donors (Lipinski definition) is 1. The molecule has 0 bridgehead atoms. The molecule has 0 radical (unpaired) electrons. The third kappa shape index (κ3) is 3.55. The van der Waals surface area contributed by atoms with Gasteiger partial charge in [0.25, 0.3) is 0 Å². The summed E-state index contributed by atoms with van der Waals surface area (Å²) in [5.74, 6) is 0.181. The largest absolute Gasteiger partial charge is 0.506 e. The second kappa shape index (κ2) is 7.21. The summed E-state index contributed by atoms with van der Waals surface area (Å²) in [6.45, 7) is 4.87. The van der Waals surface area contributed by atoms with Crippen LogP contribution in [0.2, 0.25) is 0 Å². The van der Waals surface area contributed by atoms with Gasteiger partial charge >= 0.3 is 0 Å². The van der Waals surface area contributed by atoms with Gasteiger partial charge in [0, 0.05) is 22.8 Å². The van der Waals surface area contributed by atoms with E-state index in [0.29, 0.717) is 18.9 Å². The van der Waals surface area contributed by atoms with E-state index in [2.05, 4.69) is 4.98 Å². The van der Waals surface area contributed by atoms with Crippen LogP contribution in [-0.2, 0) is 18.1 Å². The van der Waals surface area contributed by atoms with Crippen molar-refractivity contribution in [2.75, 3.05) is 0 Å². The monoisotopic (exact) mass is 359 g/mol. The average molecular weight is 359 g/mol. The van der Waals surface area contributed by atoms with Crippen LogP contribution >= 0.6 is 0 Å². The summed E-state index contributed by atoms with van der Waals surface area (Å²) in [6.07, 6.45) is 1.98. The molecule has 27 heavy (non-hydrogen) atoms. The average Bonchev–Trinajstić information content (AvgIpc) is 3.03. The van der Waals surface area contributed by atoms with E-state index < -0.39 is 0 Å². The fraction of sp³-hybridized carbons (Fsp3) is 0.182. The molecular formula is C22H21N3O2. The van der Waals surface area contributed by atoms with Crippen molar-refractivity contribution in [2.24, 2.45) is 0 Å². The predicted molar refractivity (Wildman–Crippen MR) is 105 cm³/mol. The maximum Gasteiger partial charge on any atom is 0.141 e. The van der Waals surface area contributed by atoms with E-state index in [1.807, 2.05) is 68.6 Å². The molecular weight excluding hydrogens is 338 g/mol. The van der Waals surface area contributed by atoms with Crippen LogP contribution in [0, 0.1) is 13.8 Å². The topological polar surface area (TPSA) is 60.2 Å². The Hall–Kier alpha value is -3.18. The van der Waals surface area contributed by atoms with Crippen LogP contribution in [0.4, 0.5) is 0 Å². The van der Waals surface area contributed by atoms with Gasteiger partial charge in [-0.3, -0.25) is 0 Å². The first-order valence-corrected chi connectivity index (χ1v) is 8.87.